The van der Waals surface area contributed by atoms with Crippen LogP contribution in [-0.4, -0.2) is 11.6 Å². The van der Waals surface area contributed by atoms with E-state index in [-0.39, 0.29) is 17.0 Å². The van der Waals surface area contributed by atoms with Crippen molar-refractivity contribution >= 4 is 15.9 Å². The number of alkyl halides is 1. The zero-order valence-electron chi connectivity index (χ0n) is 10.7. The van der Waals surface area contributed by atoms with Gasteiger partial charge in [-0.25, -0.2) is 0 Å². The highest BCUT2D eigenvalue weighted by atomic mass is 79.9. The largest absolute Gasteiger partial charge is 0.454 e. The Hall–Kier alpha value is -1.52. The summed E-state index contributed by atoms with van der Waals surface area (Å²) >= 11 is 3.75. The second-order valence-corrected chi connectivity index (χ2v) is 6.00. The van der Waals surface area contributed by atoms with Crippen molar-refractivity contribution in [3.8, 4) is 11.5 Å². The molecule has 0 unspecified atom stereocenters. The quantitative estimate of drug-likeness (QED) is 0.778. The molecule has 0 radical (unpaired) electrons. The SMILES string of the molecule is Br[C@@H]1[C@@H](c2ccc3c(c2)OCO3)O[C@H]1c1ccccc1. The molecule has 2 aliphatic heterocycles. The molecule has 0 saturated carbocycles. The van der Waals surface area contributed by atoms with Gasteiger partial charge in [-0.05, 0) is 23.3 Å². The van der Waals surface area contributed by atoms with Crippen molar-refractivity contribution in [1.82, 2.24) is 0 Å². The maximum absolute atomic E-state index is 6.04. The van der Waals surface area contributed by atoms with Gasteiger partial charge in [0, 0.05) is 0 Å². The van der Waals surface area contributed by atoms with Crippen LogP contribution in [0.2, 0.25) is 0 Å². The van der Waals surface area contributed by atoms with Crippen LogP contribution in [0.4, 0.5) is 0 Å². The molecule has 1 saturated heterocycles. The van der Waals surface area contributed by atoms with E-state index < -0.39 is 0 Å². The van der Waals surface area contributed by atoms with Crippen LogP contribution >= 0.6 is 15.9 Å². The minimum Gasteiger partial charge on any atom is -0.454 e. The van der Waals surface area contributed by atoms with Gasteiger partial charge >= 0.3 is 0 Å². The number of benzene rings is 2. The van der Waals surface area contributed by atoms with Gasteiger partial charge in [0.1, 0.15) is 0 Å². The molecule has 0 spiro atoms. The predicted octanol–water partition coefficient (Wildman–Crippen LogP) is 3.99. The van der Waals surface area contributed by atoms with Gasteiger partial charge in [-0.15, -0.1) is 0 Å². The highest BCUT2D eigenvalue weighted by molar-refractivity contribution is 9.09. The molecule has 0 N–H and O–H groups in total. The topological polar surface area (TPSA) is 27.7 Å². The van der Waals surface area contributed by atoms with Gasteiger partial charge in [0.25, 0.3) is 0 Å². The van der Waals surface area contributed by atoms with Crippen LogP contribution in [0.15, 0.2) is 48.5 Å². The minimum absolute atomic E-state index is 0.0507. The van der Waals surface area contributed by atoms with Crippen LogP contribution < -0.4 is 9.47 Å². The van der Waals surface area contributed by atoms with E-state index in [9.17, 15) is 0 Å². The molecule has 1 fully saturated rings. The summed E-state index contributed by atoms with van der Waals surface area (Å²) < 4.78 is 16.8. The molecule has 4 heteroatoms. The van der Waals surface area contributed by atoms with Gasteiger partial charge in [0.05, 0.1) is 17.0 Å². The zero-order valence-corrected chi connectivity index (χ0v) is 12.2. The monoisotopic (exact) mass is 332 g/mol. The molecule has 2 heterocycles. The molecule has 0 amide bonds. The smallest absolute Gasteiger partial charge is 0.231 e. The molecule has 2 aromatic carbocycles. The molecule has 20 heavy (non-hydrogen) atoms. The molecule has 0 aliphatic carbocycles. The van der Waals surface area contributed by atoms with E-state index >= 15 is 0 Å². The Kier molecular flexibility index (Phi) is 2.93. The van der Waals surface area contributed by atoms with E-state index in [1.165, 1.54) is 5.56 Å². The predicted molar refractivity (Wildman–Crippen MR) is 78.3 cm³/mol. The fraction of sp³-hybridized carbons (Fsp3) is 0.250. The van der Waals surface area contributed by atoms with E-state index in [4.69, 9.17) is 14.2 Å². The molecule has 3 atom stereocenters. The second kappa shape index (κ2) is 4.79. The van der Waals surface area contributed by atoms with Crippen molar-refractivity contribution in [3.05, 3.63) is 59.7 Å². The third-order valence-electron chi connectivity index (χ3n) is 3.72. The number of halogens is 1. The summed E-state index contributed by atoms with van der Waals surface area (Å²) in [6.07, 6.45) is 0.154. The summed E-state index contributed by atoms with van der Waals surface area (Å²) in [5, 5.41) is 0. The molecule has 0 aromatic heterocycles. The van der Waals surface area contributed by atoms with Crippen LogP contribution in [0.5, 0.6) is 11.5 Å². The molecule has 3 nitrogen and oxygen atoms in total. The number of ether oxygens (including phenoxy) is 3. The molecular weight excluding hydrogens is 320 g/mol. The van der Waals surface area contributed by atoms with Crippen LogP contribution in [-0.2, 0) is 4.74 Å². The van der Waals surface area contributed by atoms with Gasteiger partial charge in [0.15, 0.2) is 11.5 Å². The van der Waals surface area contributed by atoms with Crippen molar-refractivity contribution in [2.24, 2.45) is 0 Å². The lowest BCUT2D eigenvalue weighted by atomic mass is 9.92. The van der Waals surface area contributed by atoms with E-state index in [1.54, 1.807) is 0 Å². The van der Waals surface area contributed by atoms with E-state index in [2.05, 4.69) is 28.1 Å². The number of hydrogen-bond donors (Lipinski definition) is 0. The Morgan fingerprint density at radius 3 is 2.40 bits per heavy atom. The second-order valence-electron chi connectivity index (χ2n) is 4.95. The maximum atomic E-state index is 6.04. The van der Waals surface area contributed by atoms with Crippen molar-refractivity contribution < 1.29 is 14.2 Å². The standard InChI is InChI=1S/C16H13BrO3/c17-14-15(10-4-2-1-3-5-10)20-16(14)11-6-7-12-13(8-11)19-9-18-12/h1-8,14-16H,9H2/t14-,15-,16+/m0/s1. The van der Waals surface area contributed by atoms with Crippen LogP contribution in [0, 0.1) is 0 Å². The van der Waals surface area contributed by atoms with E-state index in [0.29, 0.717) is 6.79 Å². The zero-order chi connectivity index (χ0) is 13.5. The van der Waals surface area contributed by atoms with Gasteiger partial charge in [-0.3, -0.25) is 0 Å². The minimum atomic E-state index is 0.0507. The molecule has 0 bridgehead atoms. The fourth-order valence-electron chi connectivity index (χ4n) is 2.63. The summed E-state index contributed by atoms with van der Waals surface area (Å²) in [5.74, 6) is 1.60. The van der Waals surface area contributed by atoms with Crippen LogP contribution in [0.3, 0.4) is 0 Å². The van der Waals surface area contributed by atoms with Crippen molar-refractivity contribution in [2.75, 3.05) is 6.79 Å². The first-order valence-corrected chi connectivity index (χ1v) is 7.48. The lowest BCUT2D eigenvalue weighted by molar-refractivity contribution is -0.118. The summed E-state index contributed by atoms with van der Waals surface area (Å²) in [6.45, 7) is 0.300. The highest BCUT2D eigenvalue weighted by Gasteiger charge is 2.42. The average molecular weight is 333 g/mol. The number of hydrogen-bond acceptors (Lipinski definition) is 3. The normalized spacial score (nSPS) is 27.1. The van der Waals surface area contributed by atoms with Gasteiger partial charge < -0.3 is 14.2 Å². The maximum Gasteiger partial charge on any atom is 0.231 e. The van der Waals surface area contributed by atoms with Crippen molar-refractivity contribution in [1.29, 1.82) is 0 Å². The lowest BCUT2D eigenvalue weighted by Crippen LogP contribution is -2.36. The Morgan fingerprint density at radius 2 is 1.60 bits per heavy atom. The van der Waals surface area contributed by atoms with Crippen LogP contribution in [0.25, 0.3) is 0 Å². The number of rotatable bonds is 2. The number of fused-ring (bicyclic) bond motifs is 1. The third kappa shape index (κ3) is 1.91. The molecule has 2 aliphatic rings. The fourth-order valence-corrected chi connectivity index (χ4v) is 3.49. The molecular formula is C16H13BrO3. The van der Waals surface area contributed by atoms with Crippen molar-refractivity contribution in [3.63, 3.8) is 0 Å². The molecule has 4 rings (SSSR count). The van der Waals surface area contributed by atoms with E-state index in [1.807, 2.05) is 36.4 Å². The molecule has 102 valence electrons. The first kappa shape index (κ1) is 12.2. The van der Waals surface area contributed by atoms with Gasteiger partial charge in [0.2, 0.25) is 6.79 Å². The summed E-state index contributed by atoms with van der Waals surface area (Å²) in [5.41, 5.74) is 2.31. The Bertz CT molecular complexity index is 629. The summed E-state index contributed by atoms with van der Waals surface area (Å²) in [4.78, 5) is 0.269. The van der Waals surface area contributed by atoms with Crippen molar-refractivity contribution in [2.45, 2.75) is 17.0 Å². The van der Waals surface area contributed by atoms with Crippen LogP contribution in [0.1, 0.15) is 23.3 Å². The summed E-state index contributed by atoms with van der Waals surface area (Å²) in [7, 11) is 0. The first-order chi connectivity index (χ1) is 9.83. The lowest BCUT2D eigenvalue weighted by Gasteiger charge is -2.42. The average Bonchev–Trinajstić information content (AvgIpc) is 2.94. The summed E-state index contributed by atoms with van der Waals surface area (Å²) in [6, 6.07) is 16.2. The highest BCUT2D eigenvalue weighted by Crippen LogP contribution is 2.50. The van der Waals surface area contributed by atoms with E-state index in [0.717, 1.165) is 17.1 Å². The third-order valence-corrected chi connectivity index (χ3v) is 4.69. The van der Waals surface area contributed by atoms with Gasteiger partial charge in [-0.1, -0.05) is 52.3 Å². The van der Waals surface area contributed by atoms with Gasteiger partial charge in [-0.2, -0.15) is 0 Å². The Balaban J connectivity index is 1.55. The Morgan fingerprint density at radius 1 is 0.850 bits per heavy atom. The first-order valence-electron chi connectivity index (χ1n) is 6.57. The molecule has 2 aromatic rings. The Labute approximate surface area is 125 Å².